The molecule has 0 saturated heterocycles. The molecule has 4 N–H and O–H groups in total. The van der Waals surface area contributed by atoms with Gasteiger partial charge in [0.15, 0.2) is 0 Å². The largest absolute Gasteiger partial charge is 0.384 e. The zero-order valence-corrected chi connectivity index (χ0v) is 6.57. The van der Waals surface area contributed by atoms with Crippen molar-refractivity contribution in [2.45, 2.75) is 12.5 Å². The van der Waals surface area contributed by atoms with E-state index in [2.05, 4.69) is 4.98 Å². The first-order valence-corrected chi connectivity index (χ1v) is 3.58. The fourth-order valence-corrected chi connectivity index (χ4v) is 0.852. The molecule has 1 aromatic heterocycles. The molecular formula is C8H10N4. The first-order chi connectivity index (χ1) is 5.74. The van der Waals surface area contributed by atoms with Gasteiger partial charge >= 0.3 is 0 Å². The van der Waals surface area contributed by atoms with Crippen molar-refractivity contribution in [1.82, 2.24) is 4.98 Å². The van der Waals surface area contributed by atoms with Crippen LogP contribution in [0.4, 0.5) is 5.82 Å². The van der Waals surface area contributed by atoms with Crippen LogP contribution in [0, 0.1) is 11.3 Å². The van der Waals surface area contributed by atoms with Gasteiger partial charge in [0.2, 0.25) is 0 Å². The molecule has 0 radical (unpaired) electrons. The lowest BCUT2D eigenvalue weighted by Gasteiger charge is -2.06. The zero-order valence-electron chi connectivity index (χ0n) is 6.57. The Morgan fingerprint density at radius 3 is 2.83 bits per heavy atom. The van der Waals surface area contributed by atoms with Gasteiger partial charge in [0.25, 0.3) is 0 Å². The molecule has 0 spiro atoms. The van der Waals surface area contributed by atoms with Gasteiger partial charge in [0.05, 0.1) is 12.5 Å². The number of hydrogen-bond donors (Lipinski definition) is 2. The molecule has 0 aliphatic carbocycles. The normalized spacial score (nSPS) is 12.0. The van der Waals surface area contributed by atoms with Crippen LogP contribution in [0.2, 0.25) is 0 Å². The van der Waals surface area contributed by atoms with E-state index in [1.165, 1.54) is 0 Å². The summed E-state index contributed by atoms with van der Waals surface area (Å²) < 4.78 is 0. The molecule has 1 unspecified atom stereocenters. The van der Waals surface area contributed by atoms with Gasteiger partial charge < -0.3 is 11.5 Å². The lowest BCUT2D eigenvalue weighted by Crippen LogP contribution is -2.09. The first-order valence-electron chi connectivity index (χ1n) is 3.58. The second kappa shape index (κ2) is 3.69. The van der Waals surface area contributed by atoms with E-state index in [4.69, 9.17) is 16.7 Å². The van der Waals surface area contributed by atoms with Gasteiger partial charge in [0.1, 0.15) is 5.82 Å². The third kappa shape index (κ3) is 1.94. The number of nitriles is 1. The van der Waals surface area contributed by atoms with Crippen molar-refractivity contribution < 1.29 is 0 Å². The third-order valence-corrected chi connectivity index (χ3v) is 1.55. The maximum absolute atomic E-state index is 8.38. The fraction of sp³-hybridized carbons (Fsp3) is 0.250. The summed E-state index contributed by atoms with van der Waals surface area (Å²) in [6.45, 7) is 0. The van der Waals surface area contributed by atoms with Crippen molar-refractivity contribution in [2.24, 2.45) is 5.73 Å². The number of nitrogen functional groups attached to an aromatic ring is 1. The van der Waals surface area contributed by atoms with Crippen LogP contribution in [0.5, 0.6) is 0 Å². The number of anilines is 1. The Bertz CT molecular complexity index is 285. The van der Waals surface area contributed by atoms with E-state index in [0.717, 1.165) is 5.56 Å². The Balaban J connectivity index is 2.76. The molecule has 0 aliphatic rings. The van der Waals surface area contributed by atoms with Crippen molar-refractivity contribution in [1.29, 1.82) is 5.26 Å². The van der Waals surface area contributed by atoms with Gasteiger partial charge in [-0.25, -0.2) is 4.98 Å². The van der Waals surface area contributed by atoms with E-state index >= 15 is 0 Å². The first kappa shape index (κ1) is 8.50. The van der Waals surface area contributed by atoms with Crippen molar-refractivity contribution in [2.75, 3.05) is 5.73 Å². The summed E-state index contributed by atoms with van der Waals surface area (Å²) in [5.74, 6) is 0.461. The monoisotopic (exact) mass is 162 g/mol. The van der Waals surface area contributed by atoms with E-state index in [1.54, 1.807) is 18.3 Å². The van der Waals surface area contributed by atoms with Crippen LogP contribution >= 0.6 is 0 Å². The van der Waals surface area contributed by atoms with E-state index < -0.39 is 0 Å². The molecular weight excluding hydrogens is 152 g/mol. The average Bonchev–Trinajstić information content (AvgIpc) is 2.06. The van der Waals surface area contributed by atoms with Crippen LogP contribution in [-0.4, -0.2) is 4.98 Å². The minimum Gasteiger partial charge on any atom is -0.384 e. The second-order valence-electron chi connectivity index (χ2n) is 2.49. The van der Waals surface area contributed by atoms with E-state index in [0.29, 0.717) is 12.2 Å². The van der Waals surface area contributed by atoms with Crippen LogP contribution in [-0.2, 0) is 0 Å². The highest BCUT2D eigenvalue weighted by Gasteiger charge is 2.04. The lowest BCUT2D eigenvalue weighted by molar-refractivity contribution is 0.744. The molecule has 1 rings (SSSR count). The van der Waals surface area contributed by atoms with Gasteiger partial charge in [-0.15, -0.1) is 0 Å². The van der Waals surface area contributed by atoms with E-state index in [-0.39, 0.29) is 6.04 Å². The maximum Gasteiger partial charge on any atom is 0.123 e. The molecule has 0 aliphatic heterocycles. The summed E-state index contributed by atoms with van der Waals surface area (Å²) in [5.41, 5.74) is 11.9. The number of hydrogen-bond acceptors (Lipinski definition) is 4. The second-order valence-corrected chi connectivity index (χ2v) is 2.49. The Labute approximate surface area is 70.8 Å². The van der Waals surface area contributed by atoms with Gasteiger partial charge in [-0.05, 0) is 11.6 Å². The number of pyridine rings is 1. The Morgan fingerprint density at radius 2 is 2.33 bits per heavy atom. The minimum absolute atomic E-state index is 0.261. The quantitative estimate of drug-likeness (QED) is 0.665. The Kier molecular flexibility index (Phi) is 2.62. The van der Waals surface area contributed by atoms with Gasteiger partial charge in [-0.1, -0.05) is 6.07 Å². The summed E-state index contributed by atoms with van der Waals surface area (Å²) in [5, 5.41) is 8.38. The predicted molar refractivity (Wildman–Crippen MR) is 45.8 cm³/mol. The predicted octanol–water partition coefficient (Wildman–Crippen LogP) is 0.577. The van der Waals surface area contributed by atoms with Gasteiger partial charge in [0, 0.05) is 12.2 Å². The molecule has 4 heteroatoms. The van der Waals surface area contributed by atoms with Crippen molar-refractivity contribution in [3.63, 3.8) is 0 Å². The smallest absolute Gasteiger partial charge is 0.123 e. The van der Waals surface area contributed by atoms with E-state index in [1.807, 2.05) is 6.07 Å². The molecule has 1 heterocycles. The SMILES string of the molecule is N#CCC(N)c1ccc(N)nc1. The summed E-state index contributed by atoms with van der Waals surface area (Å²) in [6, 6.07) is 5.19. The molecule has 0 bridgehead atoms. The summed E-state index contributed by atoms with van der Waals surface area (Å²) in [7, 11) is 0. The van der Waals surface area contributed by atoms with Crippen LogP contribution in [0.1, 0.15) is 18.0 Å². The van der Waals surface area contributed by atoms with Crippen LogP contribution in [0.3, 0.4) is 0 Å². The van der Waals surface area contributed by atoms with Crippen molar-refractivity contribution >= 4 is 5.82 Å². The number of aromatic nitrogens is 1. The molecule has 0 aromatic carbocycles. The van der Waals surface area contributed by atoms with Gasteiger partial charge in [-0.2, -0.15) is 5.26 Å². The lowest BCUT2D eigenvalue weighted by atomic mass is 10.1. The Morgan fingerprint density at radius 1 is 1.58 bits per heavy atom. The summed E-state index contributed by atoms with van der Waals surface area (Å²) >= 11 is 0. The molecule has 4 nitrogen and oxygen atoms in total. The molecule has 0 fully saturated rings. The van der Waals surface area contributed by atoms with Gasteiger partial charge in [-0.3, -0.25) is 0 Å². The van der Waals surface area contributed by atoms with Crippen molar-refractivity contribution in [3.8, 4) is 6.07 Å². The molecule has 0 amide bonds. The molecule has 0 saturated carbocycles. The molecule has 1 atom stereocenters. The number of nitrogens with two attached hydrogens (primary N) is 2. The summed E-state index contributed by atoms with van der Waals surface area (Å²) in [4.78, 5) is 3.87. The highest BCUT2D eigenvalue weighted by atomic mass is 14.8. The molecule has 12 heavy (non-hydrogen) atoms. The molecule has 1 aromatic rings. The maximum atomic E-state index is 8.38. The topological polar surface area (TPSA) is 88.7 Å². The number of nitrogens with zero attached hydrogens (tertiary/aromatic N) is 2. The highest BCUT2D eigenvalue weighted by molar-refractivity contribution is 5.30. The number of rotatable bonds is 2. The third-order valence-electron chi connectivity index (χ3n) is 1.55. The fourth-order valence-electron chi connectivity index (χ4n) is 0.852. The minimum atomic E-state index is -0.261. The molecule has 62 valence electrons. The summed E-state index contributed by atoms with van der Waals surface area (Å²) in [6.07, 6.45) is 1.89. The Hall–Kier alpha value is -1.60. The zero-order chi connectivity index (χ0) is 8.97. The van der Waals surface area contributed by atoms with Crippen LogP contribution < -0.4 is 11.5 Å². The van der Waals surface area contributed by atoms with Crippen molar-refractivity contribution in [3.05, 3.63) is 23.9 Å². The van der Waals surface area contributed by atoms with E-state index in [9.17, 15) is 0 Å². The average molecular weight is 162 g/mol. The highest BCUT2D eigenvalue weighted by Crippen LogP contribution is 2.12. The van der Waals surface area contributed by atoms with Crippen LogP contribution in [0.15, 0.2) is 18.3 Å². The standard InChI is InChI=1S/C8H10N4/c9-4-3-7(10)6-1-2-8(11)12-5-6/h1-2,5,7H,3,10H2,(H2,11,12). The van der Waals surface area contributed by atoms with Crippen LogP contribution in [0.25, 0.3) is 0 Å².